The topological polar surface area (TPSA) is 58.2 Å². The van der Waals surface area contributed by atoms with Gasteiger partial charge in [0.05, 0.1) is 5.56 Å². The third-order valence-electron chi connectivity index (χ3n) is 6.13. The molecule has 0 radical (unpaired) electrons. The SMILES string of the molecule is CC(C)(C)C1CCc2c(sc(NC(=O)c3cccc(Br)c3)c2C(=O)Nc2ccc(Br)cc2)C1. The molecule has 3 aromatic rings. The zero-order valence-corrected chi connectivity index (χ0v) is 22.8. The molecular weight excluding hydrogens is 564 g/mol. The van der Waals surface area contributed by atoms with Crippen molar-refractivity contribution in [1.82, 2.24) is 0 Å². The standard InChI is InChI=1S/C26H26Br2N2O2S/c1-26(2,3)16-7-12-20-21(14-16)33-25(30-23(31)15-5-4-6-18(28)13-15)22(20)24(32)29-19-10-8-17(27)9-11-19/h4-6,8-11,13,16H,7,12,14H2,1-3H3,(H,29,32)(H,30,31). The van der Waals surface area contributed by atoms with Crippen LogP contribution in [0.5, 0.6) is 0 Å². The Balaban J connectivity index is 1.68. The first-order valence-corrected chi connectivity index (χ1v) is 13.3. The molecule has 4 nitrogen and oxygen atoms in total. The molecule has 0 aliphatic heterocycles. The van der Waals surface area contributed by atoms with Gasteiger partial charge in [-0.2, -0.15) is 0 Å². The molecule has 2 aromatic carbocycles. The molecule has 1 heterocycles. The Kier molecular flexibility index (Phi) is 7.12. The second-order valence-corrected chi connectivity index (χ2v) is 12.4. The number of hydrogen-bond donors (Lipinski definition) is 2. The van der Waals surface area contributed by atoms with Gasteiger partial charge in [0, 0.05) is 25.1 Å². The Hall–Kier alpha value is -1.96. The first-order chi connectivity index (χ1) is 15.6. The van der Waals surface area contributed by atoms with E-state index in [1.54, 1.807) is 12.1 Å². The third-order valence-corrected chi connectivity index (χ3v) is 8.32. The Labute approximate surface area is 215 Å². The van der Waals surface area contributed by atoms with E-state index in [0.29, 0.717) is 22.0 Å². The lowest BCUT2D eigenvalue weighted by molar-refractivity contribution is 0.102. The fourth-order valence-corrected chi connectivity index (χ4v) is 6.17. The summed E-state index contributed by atoms with van der Waals surface area (Å²) in [5.41, 5.74) is 3.12. The third kappa shape index (κ3) is 5.58. The van der Waals surface area contributed by atoms with E-state index in [1.165, 1.54) is 16.2 Å². The normalized spacial score (nSPS) is 15.6. The Morgan fingerprint density at radius 1 is 0.970 bits per heavy atom. The molecule has 4 rings (SSSR count). The number of thiophene rings is 1. The van der Waals surface area contributed by atoms with Crippen molar-refractivity contribution in [2.24, 2.45) is 11.3 Å². The van der Waals surface area contributed by atoms with Gasteiger partial charge in [-0.05, 0) is 78.6 Å². The Morgan fingerprint density at radius 3 is 2.36 bits per heavy atom. The van der Waals surface area contributed by atoms with E-state index in [4.69, 9.17) is 0 Å². The highest BCUT2D eigenvalue weighted by Gasteiger charge is 2.34. The minimum absolute atomic E-state index is 0.187. The highest BCUT2D eigenvalue weighted by Crippen LogP contribution is 2.44. The van der Waals surface area contributed by atoms with Crippen molar-refractivity contribution >= 4 is 65.7 Å². The molecule has 1 aliphatic carbocycles. The average molecular weight is 590 g/mol. The lowest BCUT2D eigenvalue weighted by Gasteiger charge is -2.33. The smallest absolute Gasteiger partial charge is 0.258 e. The van der Waals surface area contributed by atoms with Gasteiger partial charge in [0.15, 0.2) is 0 Å². The number of halogens is 2. The highest BCUT2D eigenvalue weighted by atomic mass is 79.9. The summed E-state index contributed by atoms with van der Waals surface area (Å²) in [4.78, 5) is 27.6. The molecule has 1 atom stereocenters. The minimum atomic E-state index is -0.222. The minimum Gasteiger partial charge on any atom is -0.322 e. The van der Waals surface area contributed by atoms with E-state index in [-0.39, 0.29) is 17.2 Å². The molecule has 0 fully saturated rings. The number of fused-ring (bicyclic) bond motifs is 1. The van der Waals surface area contributed by atoms with Gasteiger partial charge in [0.2, 0.25) is 0 Å². The fraction of sp³-hybridized carbons (Fsp3) is 0.308. The maximum Gasteiger partial charge on any atom is 0.258 e. The summed E-state index contributed by atoms with van der Waals surface area (Å²) in [5.74, 6) is 0.133. The number of rotatable bonds is 4. The fourth-order valence-electron chi connectivity index (χ4n) is 4.19. The van der Waals surface area contributed by atoms with Gasteiger partial charge < -0.3 is 10.6 Å². The van der Waals surface area contributed by atoms with Crippen LogP contribution in [-0.4, -0.2) is 11.8 Å². The van der Waals surface area contributed by atoms with Crippen molar-refractivity contribution < 1.29 is 9.59 Å². The average Bonchev–Trinajstić information content (AvgIpc) is 3.11. The predicted octanol–water partition coefficient (Wildman–Crippen LogP) is 7.93. The number of anilines is 2. The molecule has 2 amide bonds. The largest absolute Gasteiger partial charge is 0.322 e. The maximum atomic E-state index is 13.4. The van der Waals surface area contributed by atoms with Crippen LogP contribution in [0.25, 0.3) is 0 Å². The van der Waals surface area contributed by atoms with Crippen molar-refractivity contribution in [3.8, 4) is 0 Å². The molecule has 7 heteroatoms. The molecule has 2 N–H and O–H groups in total. The van der Waals surface area contributed by atoms with Crippen LogP contribution < -0.4 is 10.6 Å². The monoisotopic (exact) mass is 588 g/mol. The van der Waals surface area contributed by atoms with Crippen LogP contribution in [-0.2, 0) is 12.8 Å². The molecule has 0 saturated carbocycles. The Bertz CT molecular complexity index is 1200. The molecule has 1 aliphatic rings. The second kappa shape index (κ2) is 9.72. The van der Waals surface area contributed by atoms with E-state index in [2.05, 4.69) is 63.3 Å². The van der Waals surface area contributed by atoms with Gasteiger partial charge in [0.1, 0.15) is 5.00 Å². The Morgan fingerprint density at radius 2 is 1.70 bits per heavy atom. The summed E-state index contributed by atoms with van der Waals surface area (Å²) in [6.07, 6.45) is 2.79. The van der Waals surface area contributed by atoms with Crippen LogP contribution in [0.2, 0.25) is 0 Å². The van der Waals surface area contributed by atoms with Gasteiger partial charge in [-0.1, -0.05) is 58.7 Å². The van der Waals surface area contributed by atoms with E-state index >= 15 is 0 Å². The molecule has 172 valence electrons. The lowest BCUT2D eigenvalue weighted by atomic mass is 9.72. The first kappa shape index (κ1) is 24.2. The van der Waals surface area contributed by atoms with Crippen molar-refractivity contribution in [3.05, 3.63) is 79.0 Å². The molecular formula is C26H26Br2N2O2S. The summed E-state index contributed by atoms with van der Waals surface area (Å²) in [6.45, 7) is 6.81. The highest BCUT2D eigenvalue weighted by molar-refractivity contribution is 9.10. The van der Waals surface area contributed by atoms with E-state index < -0.39 is 0 Å². The van der Waals surface area contributed by atoms with E-state index in [0.717, 1.165) is 39.5 Å². The zero-order valence-electron chi connectivity index (χ0n) is 18.8. The second-order valence-electron chi connectivity index (χ2n) is 9.44. The quantitative estimate of drug-likeness (QED) is 0.324. The van der Waals surface area contributed by atoms with Crippen LogP contribution in [0.1, 0.15) is 58.3 Å². The van der Waals surface area contributed by atoms with Crippen molar-refractivity contribution in [1.29, 1.82) is 0 Å². The number of carbonyl (C=O) groups is 2. The van der Waals surface area contributed by atoms with Crippen molar-refractivity contribution in [2.75, 3.05) is 10.6 Å². The van der Waals surface area contributed by atoms with Crippen LogP contribution in [0.3, 0.4) is 0 Å². The van der Waals surface area contributed by atoms with Gasteiger partial charge in [-0.3, -0.25) is 9.59 Å². The summed E-state index contributed by atoms with van der Waals surface area (Å²) in [5, 5.41) is 6.66. The van der Waals surface area contributed by atoms with E-state index in [1.807, 2.05) is 36.4 Å². The molecule has 0 bridgehead atoms. The first-order valence-electron chi connectivity index (χ1n) is 10.9. The van der Waals surface area contributed by atoms with Crippen molar-refractivity contribution in [3.63, 3.8) is 0 Å². The number of benzene rings is 2. The summed E-state index contributed by atoms with van der Waals surface area (Å²) < 4.78 is 1.78. The molecule has 1 aromatic heterocycles. The number of amides is 2. The van der Waals surface area contributed by atoms with Gasteiger partial charge in [-0.25, -0.2) is 0 Å². The van der Waals surface area contributed by atoms with Gasteiger partial charge in [-0.15, -0.1) is 11.3 Å². The molecule has 0 spiro atoms. The van der Waals surface area contributed by atoms with Crippen LogP contribution in [0.15, 0.2) is 57.5 Å². The summed E-state index contributed by atoms with van der Waals surface area (Å²) in [7, 11) is 0. The van der Waals surface area contributed by atoms with Gasteiger partial charge in [0.25, 0.3) is 11.8 Å². The van der Waals surface area contributed by atoms with Crippen LogP contribution in [0.4, 0.5) is 10.7 Å². The predicted molar refractivity (Wildman–Crippen MR) is 143 cm³/mol. The van der Waals surface area contributed by atoms with Crippen LogP contribution >= 0.6 is 43.2 Å². The number of hydrogen-bond acceptors (Lipinski definition) is 3. The zero-order chi connectivity index (χ0) is 23.8. The van der Waals surface area contributed by atoms with Crippen molar-refractivity contribution in [2.45, 2.75) is 40.0 Å². The molecule has 0 saturated heterocycles. The summed E-state index contributed by atoms with van der Waals surface area (Å²) in [6, 6.07) is 14.8. The maximum absolute atomic E-state index is 13.4. The molecule has 33 heavy (non-hydrogen) atoms. The van der Waals surface area contributed by atoms with Gasteiger partial charge >= 0.3 is 0 Å². The lowest BCUT2D eigenvalue weighted by Crippen LogP contribution is -2.27. The summed E-state index contributed by atoms with van der Waals surface area (Å²) >= 11 is 8.39. The van der Waals surface area contributed by atoms with Crippen LogP contribution in [0, 0.1) is 11.3 Å². The number of nitrogens with one attached hydrogen (secondary N) is 2. The molecule has 1 unspecified atom stereocenters. The number of carbonyl (C=O) groups excluding carboxylic acids is 2. The van der Waals surface area contributed by atoms with E-state index in [9.17, 15) is 9.59 Å².